The number of aromatic carboxylic acids is 1. The fourth-order valence-electron chi connectivity index (χ4n) is 2.51. The average molecular weight is 269 g/mol. The molecular formula is C13H19NO3S. The van der Waals surface area contributed by atoms with Crippen LogP contribution in [0.3, 0.4) is 0 Å². The molecule has 1 fully saturated rings. The van der Waals surface area contributed by atoms with E-state index < -0.39 is 5.97 Å². The molecule has 0 radical (unpaired) electrons. The second kappa shape index (κ2) is 5.36. The van der Waals surface area contributed by atoms with Crippen molar-refractivity contribution in [3.63, 3.8) is 0 Å². The van der Waals surface area contributed by atoms with Crippen LogP contribution in [0.25, 0.3) is 0 Å². The van der Waals surface area contributed by atoms with Crippen molar-refractivity contribution >= 4 is 17.3 Å². The highest BCUT2D eigenvalue weighted by Crippen LogP contribution is 2.43. The first-order valence-electron chi connectivity index (χ1n) is 6.41. The summed E-state index contributed by atoms with van der Waals surface area (Å²) in [6.45, 7) is 4.86. The van der Waals surface area contributed by atoms with Gasteiger partial charge in [-0.05, 0) is 38.5 Å². The molecule has 1 aromatic rings. The van der Waals surface area contributed by atoms with Gasteiger partial charge in [0, 0.05) is 6.61 Å². The molecule has 1 N–H and O–H groups in total. The van der Waals surface area contributed by atoms with Gasteiger partial charge in [-0.1, -0.05) is 6.92 Å². The minimum absolute atomic E-state index is 0.294. The van der Waals surface area contributed by atoms with Gasteiger partial charge in [-0.15, -0.1) is 11.3 Å². The summed E-state index contributed by atoms with van der Waals surface area (Å²) in [6.07, 6.45) is 5.55. The number of hydrogen-bond donors (Lipinski definition) is 1. The normalized spacial score (nSPS) is 28.2. The molecule has 1 heterocycles. The lowest BCUT2D eigenvalue weighted by Crippen LogP contribution is -2.34. The second-order valence-electron chi connectivity index (χ2n) is 4.94. The van der Waals surface area contributed by atoms with Crippen LogP contribution in [0, 0.1) is 5.92 Å². The third-order valence-corrected chi connectivity index (χ3v) is 4.78. The lowest BCUT2D eigenvalue weighted by atomic mass is 9.80. The van der Waals surface area contributed by atoms with E-state index in [1.807, 2.05) is 6.92 Å². The van der Waals surface area contributed by atoms with Gasteiger partial charge in [-0.3, -0.25) is 0 Å². The summed E-state index contributed by atoms with van der Waals surface area (Å²) in [5.41, 5.74) is -0.348. The maximum atomic E-state index is 10.9. The van der Waals surface area contributed by atoms with Gasteiger partial charge in [0.05, 0.1) is 6.20 Å². The van der Waals surface area contributed by atoms with Crippen molar-refractivity contribution in [3.05, 3.63) is 16.1 Å². The second-order valence-corrected chi connectivity index (χ2v) is 5.98. The Morgan fingerprint density at radius 2 is 2.28 bits per heavy atom. The van der Waals surface area contributed by atoms with Crippen LogP contribution in [-0.4, -0.2) is 22.7 Å². The molecule has 0 aromatic carbocycles. The van der Waals surface area contributed by atoms with Crippen LogP contribution in [0.2, 0.25) is 0 Å². The molecule has 1 aliphatic rings. The lowest BCUT2D eigenvalue weighted by Gasteiger charge is -2.37. The minimum Gasteiger partial charge on any atom is -0.477 e. The summed E-state index contributed by atoms with van der Waals surface area (Å²) in [5.74, 6) is -0.188. The van der Waals surface area contributed by atoms with Crippen molar-refractivity contribution in [2.75, 3.05) is 6.61 Å². The van der Waals surface area contributed by atoms with Crippen LogP contribution in [0.5, 0.6) is 0 Å². The molecule has 1 saturated carbocycles. The van der Waals surface area contributed by atoms with E-state index in [0.717, 1.165) is 36.6 Å². The van der Waals surface area contributed by atoms with Gasteiger partial charge >= 0.3 is 5.97 Å². The Morgan fingerprint density at radius 1 is 1.61 bits per heavy atom. The van der Waals surface area contributed by atoms with Crippen LogP contribution < -0.4 is 0 Å². The number of rotatable bonds is 4. The van der Waals surface area contributed by atoms with E-state index in [0.29, 0.717) is 11.5 Å². The molecule has 18 heavy (non-hydrogen) atoms. The van der Waals surface area contributed by atoms with Gasteiger partial charge in [0.25, 0.3) is 0 Å². The summed E-state index contributed by atoms with van der Waals surface area (Å²) in [7, 11) is 0. The average Bonchev–Trinajstić information content (AvgIpc) is 2.83. The summed E-state index contributed by atoms with van der Waals surface area (Å²) in [5, 5.41) is 9.81. The Balaban J connectivity index is 2.25. The number of carboxylic acids is 1. The van der Waals surface area contributed by atoms with E-state index in [9.17, 15) is 4.79 Å². The van der Waals surface area contributed by atoms with Gasteiger partial charge in [-0.25, -0.2) is 9.78 Å². The number of nitrogens with zero attached hydrogens (tertiary/aromatic N) is 1. The van der Waals surface area contributed by atoms with E-state index in [-0.39, 0.29) is 5.60 Å². The Labute approximate surface area is 111 Å². The molecule has 0 bridgehead atoms. The first-order chi connectivity index (χ1) is 8.57. The van der Waals surface area contributed by atoms with Gasteiger partial charge in [0.2, 0.25) is 0 Å². The SMILES string of the molecule is CCOC1(c2ncc(C(=O)O)s2)CCC(C)CC1. The molecular weight excluding hydrogens is 250 g/mol. The molecule has 1 aliphatic carbocycles. The third-order valence-electron chi connectivity index (χ3n) is 3.61. The third kappa shape index (κ3) is 2.57. The molecule has 0 spiro atoms. The number of ether oxygens (including phenoxy) is 1. The predicted octanol–water partition coefficient (Wildman–Crippen LogP) is 3.28. The van der Waals surface area contributed by atoms with Gasteiger partial charge < -0.3 is 9.84 Å². The zero-order chi connectivity index (χ0) is 13.2. The van der Waals surface area contributed by atoms with Gasteiger partial charge in [0.1, 0.15) is 15.5 Å². The molecule has 1 aromatic heterocycles. The molecule has 0 atom stereocenters. The number of carbonyl (C=O) groups is 1. The van der Waals surface area contributed by atoms with Gasteiger partial charge in [0.15, 0.2) is 0 Å². The predicted molar refractivity (Wildman–Crippen MR) is 70.0 cm³/mol. The Hall–Kier alpha value is -0.940. The minimum atomic E-state index is -0.908. The van der Waals surface area contributed by atoms with E-state index in [1.165, 1.54) is 17.5 Å². The number of carboxylic acid groups (broad SMARTS) is 1. The highest BCUT2D eigenvalue weighted by molar-refractivity contribution is 7.13. The summed E-state index contributed by atoms with van der Waals surface area (Å²) in [4.78, 5) is 15.5. The topological polar surface area (TPSA) is 59.4 Å². The van der Waals surface area contributed by atoms with E-state index in [2.05, 4.69) is 11.9 Å². The lowest BCUT2D eigenvalue weighted by molar-refractivity contribution is -0.0776. The molecule has 0 aliphatic heterocycles. The maximum Gasteiger partial charge on any atom is 0.347 e. The van der Waals surface area contributed by atoms with E-state index in [1.54, 1.807) is 0 Å². The highest BCUT2D eigenvalue weighted by atomic mass is 32.1. The monoisotopic (exact) mass is 269 g/mol. The summed E-state index contributed by atoms with van der Waals surface area (Å²) < 4.78 is 5.95. The van der Waals surface area contributed by atoms with Crippen LogP contribution in [-0.2, 0) is 10.3 Å². The summed E-state index contributed by atoms with van der Waals surface area (Å²) >= 11 is 1.25. The molecule has 4 nitrogen and oxygen atoms in total. The van der Waals surface area contributed by atoms with Crippen LogP contribution in [0.4, 0.5) is 0 Å². The van der Waals surface area contributed by atoms with Crippen LogP contribution >= 0.6 is 11.3 Å². The quantitative estimate of drug-likeness (QED) is 0.911. The maximum absolute atomic E-state index is 10.9. The van der Waals surface area contributed by atoms with Crippen molar-refractivity contribution in [2.24, 2.45) is 5.92 Å². The Morgan fingerprint density at radius 3 is 2.78 bits per heavy atom. The molecule has 5 heteroatoms. The highest BCUT2D eigenvalue weighted by Gasteiger charge is 2.39. The van der Waals surface area contributed by atoms with Crippen molar-refractivity contribution in [3.8, 4) is 0 Å². The zero-order valence-electron chi connectivity index (χ0n) is 10.8. The standard InChI is InChI=1S/C13H19NO3S/c1-3-17-13(6-4-9(2)5-7-13)12-14-8-10(18-12)11(15)16/h8-9H,3-7H2,1-2H3,(H,15,16). The number of aromatic nitrogens is 1. The molecule has 100 valence electrons. The Bertz CT molecular complexity index is 422. The number of thiazole rings is 1. The van der Waals surface area contributed by atoms with Gasteiger partial charge in [-0.2, -0.15) is 0 Å². The fourth-order valence-corrected chi connectivity index (χ4v) is 3.46. The summed E-state index contributed by atoms with van der Waals surface area (Å²) in [6, 6.07) is 0. The van der Waals surface area contributed by atoms with Crippen molar-refractivity contribution in [1.29, 1.82) is 0 Å². The molecule has 2 rings (SSSR count). The van der Waals surface area contributed by atoms with Crippen molar-refractivity contribution in [1.82, 2.24) is 4.98 Å². The van der Waals surface area contributed by atoms with Crippen LogP contribution in [0.1, 0.15) is 54.2 Å². The first kappa shape index (κ1) is 13.5. The molecule has 0 saturated heterocycles. The number of hydrogen-bond acceptors (Lipinski definition) is 4. The van der Waals surface area contributed by atoms with E-state index >= 15 is 0 Å². The molecule has 0 amide bonds. The zero-order valence-corrected chi connectivity index (χ0v) is 11.6. The molecule has 0 unspecified atom stereocenters. The van der Waals surface area contributed by atoms with Crippen LogP contribution in [0.15, 0.2) is 6.20 Å². The van der Waals surface area contributed by atoms with E-state index in [4.69, 9.17) is 9.84 Å². The largest absolute Gasteiger partial charge is 0.477 e. The van der Waals surface area contributed by atoms with Crippen molar-refractivity contribution in [2.45, 2.75) is 45.1 Å². The Kier molecular flexibility index (Phi) is 4.02. The van der Waals surface area contributed by atoms with Crippen molar-refractivity contribution < 1.29 is 14.6 Å². The smallest absolute Gasteiger partial charge is 0.347 e. The fraction of sp³-hybridized carbons (Fsp3) is 0.692. The first-order valence-corrected chi connectivity index (χ1v) is 7.22.